The number of hydrogen-bond acceptors (Lipinski definition) is 4. The number of terminal acetylenes is 1. The number of halogens is 1. The summed E-state index contributed by atoms with van der Waals surface area (Å²) >= 11 is 0. The molecule has 1 aromatic carbocycles. The number of carbonyl (C=O) groups excluding carboxylic acids is 1. The molecule has 1 aromatic rings. The Morgan fingerprint density at radius 3 is 2.67 bits per heavy atom. The Bertz CT molecular complexity index is 672. The van der Waals surface area contributed by atoms with Crippen LogP contribution < -0.4 is 10.2 Å². The van der Waals surface area contributed by atoms with Crippen molar-refractivity contribution in [3.05, 3.63) is 24.0 Å². The van der Waals surface area contributed by atoms with E-state index in [4.69, 9.17) is 6.42 Å². The van der Waals surface area contributed by atoms with Crippen LogP contribution in [0.15, 0.2) is 28.4 Å². The minimum absolute atomic E-state index is 0.184. The number of amides is 1. The quantitative estimate of drug-likeness (QED) is 0.733. The summed E-state index contributed by atoms with van der Waals surface area (Å²) < 4.78 is 14.2. The first-order chi connectivity index (χ1) is 11.4. The molecule has 0 aromatic heterocycles. The van der Waals surface area contributed by atoms with Crippen molar-refractivity contribution < 1.29 is 9.18 Å². The van der Waals surface area contributed by atoms with E-state index in [-0.39, 0.29) is 24.2 Å². The van der Waals surface area contributed by atoms with Crippen molar-refractivity contribution in [2.45, 2.75) is 51.2 Å². The molecule has 0 saturated carbocycles. The van der Waals surface area contributed by atoms with Crippen LogP contribution in [0.5, 0.6) is 0 Å². The van der Waals surface area contributed by atoms with Crippen LogP contribution in [0.2, 0.25) is 0 Å². The third-order valence-corrected chi connectivity index (χ3v) is 4.19. The Balaban J connectivity index is 1.88. The summed E-state index contributed by atoms with van der Waals surface area (Å²) in [7, 11) is 1.83. The summed E-state index contributed by atoms with van der Waals surface area (Å²) in [5.41, 5.74) is 0.478. The summed E-state index contributed by atoms with van der Waals surface area (Å²) in [6.45, 7) is 3.97. The van der Waals surface area contributed by atoms with Crippen molar-refractivity contribution in [1.82, 2.24) is 0 Å². The van der Waals surface area contributed by atoms with E-state index in [0.29, 0.717) is 30.6 Å². The molecule has 0 bridgehead atoms. The van der Waals surface area contributed by atoms with Crippen molar-refractivity contribution >= 4 is 17.3 Å². The van der Waals surface area contributed by atoms with Crippen molar-refractivity contribution in [3.8, 4) is 12.3 Å². The first-order valence-electron chi connectivity index (χ1n) is 8.06. The Kier molecular flexibility index (Phi) is 5.55. The topological polar surface area (TPSA) is 57.1 Å². The third kappa shape index (κ3) is 4.54. The first kappa shape index (κ1) is 17.9. The number of rotatable bonds is 8. The number of nitrogens with zero attached hydrogens (tertiary/aromatic N) is 3. The highest BCUT2D eigenvalue weighted by atomic mass is 19.1. The number of nitrogens with one attached hydrogen (secondary N) is 1. The zero-order valence-electron chi connectivity index (χ0n) is 14.3. The Labute approximate surface area is 142 Å². The van der Waals surface area contributed by atoms with Crippen LogP contribution in [0.1, 0.15) is 39.5 Å². The van der Waals surface area contributed by atoms with Crippen molar-refractivity contribution in [3.63, 3.8) is 0 Å². The predicted molar refractivity (Wildman–Crippen MR) is 93.5 cm³/mol. The largest absolute Gasteiger partial charge is 0.370 e. The standard InChI is InChI=1S/C18H23FN4O/c1-5-6-10-18(21-22-18)11-9-17(24)20-14-7-8-16(15(19)12-14)23(4)13(2)3/h1,7-8,12-13H,6,9-11H2,2-4H3,(H,20,24). The van der Waals surface area contributed by atoms with Crippen LogP contribution in [0.25, 0.3) is 0 Å². The predicted octanol–water partition coefficient (Wildman–Crippen LogP) is 3.96. The minimum atomic E-state index is -0.473. The fourth-order valence-electron chi connectivity index (χ4n) is 2.35. The normalized spacial score (nSPS) is 14.3. The highest BCUT2D eigenvalue weighted by Crippen LogP contribution is 2.37. The molecule has 5 nitrogen and oxygen atoms in total. The van der Waals surface area contributed by atoms with Gasteiger partial charge in [0.2, 0.25) is 5.91 Å². The molecule has 2 rings (SSSR count). The van der Waals surface area contributed by atoms with Gasteiger partial charge in [0.1, 0.15) is 5.82 Å². The highest BCUT2D eigenvalue weighted by Gasteiger charge is 2.39. The molecule has 0 unspecified atom stereocenters. The lowest BCUT2D eigenvalue weighted by atomic mass is 10.0. The zero-order chi connectivity index (χ0) is 17.7. The lowest BCUT2D eigenvalue weighted by molar-refractivity contribution is -0.116. The summed E-state index contributed by atoms with van der Waals surface area (Å²) in [5.74, 6) is 2.01. The third-order valence-electron chi connectivity index (χ3n) is 4.19. The van der Waals surface area contributed by atoms with Gasteiger partial charge in [-0.25, -0.2) is 4.39 Å². The molecule has 0 saturated heterocycles. The van der Waals surface area contributed by atoms with E-state index in [2.05, 4.69) is 21.5 Å². The molecular formula is C18H23FN4O. The molecule has 24 heavy (non-hydrogen) atoms. The van der Waals surface area contributed by atoms with Crippen LogP contribution in [0.4, 0.5) is 15.8 Å². The van der Waals surface area contributed by atoms with Crippen LogP contribution in [-0.4, -0.2) is 24.7 Å². The highest BCUT2D eigenvalue weighted by molar-refractivity contribution is 5.91. The molecule has 1 N–H and O–H groups in total. The van der Waals surface area contributed by atoms with E-state index in [1.165, 1.54) is 6.07 Å². The number of benzene rings is 1. The van der Waals surface area contributed by atoms with E-state index in [9.17, 15) is 9.18 Å². The van der Waals surface area contributed by atoms with Gasteiger partial charge in [-0.15, -0.1) is 12.3 Å². The maximum atomic E-state index is 14.2. The molecule has 1 amide bonds. The van der Waals surface area contributed by atoms with Gasteiger partial charge in [0.05, 0.1) is 5.69 Å². The van der Waals surface area contributed by atoms with Crippen LogP contribution in [-0.2, 0) is 4.79 Å². The molecule has 0 atom stereocenters. The van der Waals surface area contributed by atoms with Gasteiger partial charge in [-0.3, -0.25) is 4.79 Å². The molecule has 1 heterocycles. The van der Waals surface area contributed by atoms with E-state index in [0.717, 1.165) is 0 Å². The van der Waals surface area contributed by atoms with E-state index in [1.54, 1.807) is 12.1 Å². The van der Waals surface area contributed by atoms with Gasteiger partial charge in [-0.2, -0.15) is 10.2 Å². The van der Waals surface area contributed by atoms with Crippen molar-refractivity contribution in [1.29, 1.82) is 0 Å². The molecule has 6 heteroatoms. The average molecular weight is 330 g/mol. The molecule has 0 radical (unpaired) electrons. The lowest BCUT2D eigenvalue weighted by Crippen LogP contribution is -2.26. The second-order valence-electron chi connectivity index (χ2n) is 6.31. The second kappa shape index (κ2) is 7.43. The van der Waals surface area contributed by atoms with Gasteiger partial charge in [-0.05, 0) is 32.0 Å². The lowest BCUT2D eigenvalue weighted by Gasteiger charge is -2.24. The summed E-state index contributed by atoms with van der Waals surface area (Å²) in [5, 5.41) is 10.7. The molecule has 0 fully saturated rings. The molecule has 0 spiro atoms. The van der Waals surface area contributed by atoms with Crippen molar-refractivity contribution in [2.24, 2.45) is 10.2 Å². The maximum Gasteiger partial charge on any atom is 0.224 e. The Morgan fingerprint density at radius 1 is 1.42 bits per heavy atom. The maximum absolute atomic E-state index is 14.2. The van der Waals surface area contributed by atoms with Gasteiger partial charge in [0.25, 0.3) is 0 Å². The first-order valence-corrected chi connectivity index (χ1v) is 8.06. The van der Waals surface area contributed by atoms with Crippen LogP contribution in [0.3, 0.4) is 0 Å². The Morgan fingerprint density at radius 2 is 2.12 bits per heavy atom. The van der Waals surface area contributed by atoms with Gasteiger partial charge in [0.15, 0.2) is 5.66 Å². The molecule has 1 aliphatic heterocycles. The molecule has 1 aliphatic rings. The monoisotopic (exact) mass is 330 g/mol. The van der Waals surface area contributed by atoms with E-state index in [1.807, 2.05) is 25.8 Å². The zero-order valence-corrected chi connectivity index (χ0v) is 14.3. The smallest absolute Gasteiger partial charge is 0.224 e. The molecule has 128 valence electrons. The Hall–Kier alpha value is -2.42. The van der Waals surface area contributed by atoms with Crippen molar-refractivity contribution in [2.75, 3.05) is 17.3 Å². The van der Waals surface area contributed by atoms with Crippen LogP contribution in [0, 0.1) is 18.2 Å². The molecule has 0 aliphatic carbocycles. The second-order valence-corrected chi connectivity index (χ2v) is 6.31. The van der Waals surface area contributed by atoms with Gasteiger partial charge < -0.3 is 10.2 Å². The average Bonchev–Trinajstić information content (AvgIpc) is 3.31. The SMILES string of the molecule is C#CCCC1(CCC(=O)Nc2ccc(N(C)C(C)C)c(F)c2)N=N1. The summed E-state index contributed by atoms with van der Waals surface area (Å²) in [6, 6.07) is 4.90. The number of anilines is 2. The summed E-state index contributed by atoms with van der Waals surface area (Å²) in [4.78, 5) is 13.9. The summed E-state index contributed by atoms with van der Waals surface area (Å²) in [6.07, 6.45) is 7.29. The number of carbonyl (C=O) groups is 1. The molecular weight excluding hydrogens is 307 g/mol. The van der Waals surface area contributed by atoms with Gasteiger partial charge in [-0.1, -0.05) is 0 Å². The van der Waals surface area contributed by atoms with E-state index >= 15 is 0 Å². The van der Waals surface area contributed by atoms with E-state index < -0.39 is 5.66 Å². The van der Waals surface area contributed by atoms with Crippen LogP contribution >= 0.6 is 0 Å². The fourth-order valence-corrected chi connectivity index (χ4v) is 2.35. The fraction of sp³-hybridized carbons (Fsp3) is 0.500. The van der Waals surface area contributed by atoms with Gasteiger partial charge in [0, 0.05) is 44.5 Å². The number of hydrogen-bond donors (Lipinski definition) is 1. The minimum Gasteiger partial charge on any atom is -0.370 e. The van der Waals surface area contributed by atoms with Gasteiger partial charge >= 0.3 is 0 Å².